The molecule has 3 heteroatoms. The summed E-state index contributed by atoms with van der Waals surface area (Å²) in [5.74, 6) is 0.461. The Kier molecular flexibility index (Phi) is 5.16. The lowest BCUT2D eigenvalue weighted by Gasteiger charge is -2.18. The van der Waals surface area contributed by atoms with Crippen LogP contribution in [0.15, 0.2) is 41.4 Å². The molecule has 0 spiro atoms. The maximum absolute atomic E-state index is 5.77. The van der Waals surface area contributed by atoms with Gasteiger partial charge in [0.2, 0.25) is 0 Å². The van der Waals surface area contributed by atoms with Crippen LogP contribution in [0.25, 0.3) is 0 Å². The topological polar surface area (TPSA) is 50.4 Å². The van der Waals surface area contributed by atoms with Gasteiger partial charge < -0.3 is 11.1 Å². The van der Waals surface area contributed by atoms with Crippen LogP contribution < -0.4 is 11.1 Å². The Morgan fingerprint density at radius 1 is 1.26 bits per heavy atom. The van der Waals surface area contributed by atoms with E-state index in [-0.39, 0.29) is 5.41 Å². The first-order valence-corrected chi connectivity index (χ1v) is 6.56. The minimum Gasteiger partial charge on any atom is -0.370 e. The Bertz CT molecular complexity index is 450. The normalized spacial score (nSPS) is 12.3. The molecule has 0 saturated carbocycles. The number of hydrogen-bond donors (Lipinski definition) is 2. The van der Waals surface area contributed by atoms with Gasteiger partial charge in [-0.05, 0) is 23.5 Å². The predicted octanol–water partition coefficient (Wildman–Crippen LogP) is 2.96. The van der Waals surface area contributed by atoms with E-state index in [1.807, 2.05) is 6.92 Å². The summed E-state index contributed by atoms with van der Waals surface area (Å²) in [6, 6.07) is 8.52. The van der Waals surface area contributed by atoms with E-state index >= 15 is 0 Å². The first-order chi connectivity index (χ1) is 8.79. The Balaban J connectivity index is 2.59. The van der Waals surface area contributed by atoms with Crippen molar-refractivity contribution in [1.82, 2.24) is 5.32 Å². The summed E-state index contributed by atoms with van der Waals surface area (Å²) in [5.41, 5.74) is 9.47. The number of rotatable bonds is 4. The fourth-order valence-electron chi connectivity index (χ4n) is 1.58. The minimum absolute atomic E-state index is 0.184. The Morgan fingerprint density at radius 2 is 1.84 bits per heavy atom. The molecule has 1 rings (SSSR count). The summed E-state index contributed by atoms with van der Waals surface area (Å²) < 4.78 is 0. The SMILES string of the molecule is C=C(C)CNC(N)=NCc1ccc(C(C)(C)C)cc1. The molecule has 3 nitrogen and oxygen atoms in total. The molecule has 1 aromatic carbocycles. The van der Waals surface area contributed by atoms with Crippen LogP contribution in [0.3, 0.4) is 0 Å². The van der Waals surface area contributed by atoms with E-state index in [2.05, 4.69) is 61.9 Å². The second-order valence-corrected chi connectivity index (χ2v) is 5.96. The Morgan fingerprint density at radius 3 is 2.32 bits per heavy atom. The van der Waals surface area contributed by atoms with Crippen LogP contribution >= 0.6 is 0 Å². The molecular weight excluding hydrogens is 234 g/mol. The first-order valence-electron chi connectivity index (χ1n) is 6.56. The van der Waals surface area contributed by atoms with Gasteiger partial charge in [-0.1, -0.05) is 57.2 Å². The van der Waals surface area contributed by atoms with Gasteiger partial charge in [0.15, 0.2) is 5.96 Å². The maximum atomic E-state index is 5.77. The number of hydrogen-bond acceptors (Lipinski definition) is 1. The van der Waals surface area contributed by atoms with Gasteiger partial charge in [0.1, 0.15) is 0 Å². The van der Waals surface area contributed by atoms with Crippen molar-refractivity contribution in [3.05, 3.63) is 47.5 Å². The third-order valence-electron chi connectivity index (χ3n) is 2.82. The van der Waals surface area contributed by atoms with Crippen molar-refractivity contribution in [1.29, 1.82) is 0 Å². The second kappa shape index (κ2) is 6.41. The fraction of sp³-hybridized carbons (Fsp3) is 0.438. The Labute approximate surface area is 116 Å². The van der Waals surface area contributed by atoms with Crippen molar-refractivity contribution >= 4 is 5.96 Å². The molecule has 0 radical (unpaired) electrons. The van der Waals surface area contributed by atoms with Gasteiger partial charge in [0, 0.05) is 6.54 Å². The monoisotopic (exact) mass is 259 g/mol. The first kappa shape index (κ1) is 15.3. The van der Waals surface area contributed by atoms with Gasteiger partial charge in [-0.3, -0.25) is 0 Å². The zero-order chi connectivity index (χ0) is 14.5. The molecule has 0 saturated heterocycles. The van der Waals surface area contributed by atoms with E-state index in [9.17, 15) is 0 Å². The lowest BCUT2D eigenvalue weighted by atomic mass is 9.87. The summed E-state index contributed by atoms with van der Waals surface area (Å²) in [6.07, 6.45) is 0. The molecule has 0 atom stereocenters. The third-order valence-corrected chi connectivity index (χ3v) is 2.82. The average molecular weight is 259 g/mol. The largest absolute Gasteiger partial charge is 0.370 e. The van der Waals surface area contributed by atoms with Crippen molar-refractivity contribution in [2.24, 2.45) is 10.7 Å². The molecule has 104 valence electrons. The van der Waals surface area contributed by atoms with E-state index < -0.39 is 0 Å². The summed E-state index contributed by atoms with van der Waals surface area (Å²) in [7, 11) is 0. The summed E-state index contributed by atoms with van der Waals surface area (Å²) in [5, 5.41) is 3.02. The zero-order valence-corrected chi connectivity index (χ0v) is 12.5. The predicted molar refractivity (Wildman–Crippen MR) is 83.3 cm³/mol. The second-order valence-electron chi connectivity index (χ2n) is 5.96. The van der Waals surface area contributed by atoms with Crippen molar-refractivity contribution in [3.63, 3.8) is 0 Å². The highest BCUT2D eigenvalue weighted by atomic mass is 15.1. The maximum Gasteiger partial charge on any atom is 0.189 e. The summed E-state index contributed by atoms with van der Waals surface area (Å²) in [6.45, 7) is 13.6. The highest BCUT2D eigenvalue weighted by molar-refractivity contribution is 5.78. The number of benzene rings is 1. The van der Waals surface area contributed by atoms with E-state index in [1.165, 1.54) is 5.56 Å². The highest BCUT2D eigenvalue weighted by Gasteiger charge is 2.12. The van der Waals surface area contributed by atoms with Gasteiger partial charge in [-0.25, -0.2) is 4.99 Å². The highest BCUT2D eigenvalue weighted by Crippen LogP contribution is 2.22. The van der Waals surface area contributed by atoms with Crippen molar-refractivity contribution in [2.45, 2.75) is 39.7 Å². The van der Waals surface area contributed by atoms with Crippen LogP contribution in [0.1, 0.15) is 38.8 Å². The molecule has 0 bridgehead atoms. The fourth-order valence-corrected chi connectivity index (χ4v) is 1.58. The number of nitrogens with two attached hydrogens (primary N) is 1. The molecule has 0 unspecified atom stereocenters. The smallest absolute Gasteiger partial charge is 0.189 e. The molecular formula is C16H25N3. The third kappa shape index (κ3) is 5.60. The molecule has 0 aromatic heterocycles. The molecule has 0 aliphatic carbocycles. The van der Waals surface area contributed by atoms with Crippen LogP contribution in [-0.2, 0) is 12.0 Å². The number of aliphatic imine (C=N–C) groups is 1. The zero-order valence-electron chi connectivity index (χ0n) is 12.5. The minimum atomic E-state index is 0.184. The van der Waals surface area contributed by atoms with Crippen LogP contribution in [0.5, 0.6) is 0 Å². The molecule has 0 heterocycles. The molecule has 0 aliphatic rings. The Hall–Kier alpha value is -1.77. The summed E-state index contributed by atoms with van der Waals surface area (Å²) in [4.78, 5) is 4.30. The van der Waals surface area contributed by atoms with E-state index in [1.54, 1.807) is 0 Å². The summed E-state index contributed by atoms with van der Waals surface area (Å²) >= 11 is 0. The lowest BCUT2D eigenvalue weighted by Crippen LogP contribution is -2.32. The van der Waals surface area contributed by atoms with Crippen LogP contribution in [0, 0.1) is 0 Å². The van der Waals surface area contributed by atoms with E-state index in [0.717, 1.165) is 11.1 Å². The van der Waals surface area contributed by atoms with Crippen LogP contribution in [-0.4, -0.2) is 12.5 Å². The number of nitrogens with one attached hydrogen (secondary N) is 1. The van der Waals surface area contributed by atoms with Crippen molar-refractivity contribution in [2.75, 3.05) is 6.54 Å². The molecule has 3 N–H and O–H groups in total. The van der Waals surface area contributed by atoms with Gasteiger partial charge in [0.05, 0.1) is 6.54 Å². The average Bonchev–Trinajstić information content (AvgIpc) is 2.33. The van der Waals surface area contributed by atoms with Crippen LogP contribution in [0.4, 0.5) is 0 Å². The standard InChI is InChI=1S/C16H25N3/c1-12(2)10-18-15(17)19-11-13-6-8-14(9-7-13)16(3,4)5/h6-9H,1,10-11H2,2-5H3,(H3,17,18,19). The van der Waals surface area contributed by atoms with Gasteiger partial charge in [0.25, 0.3) is 0 Å². The van der Waals surface area contributed by atoms with Crippen molar-refractivity contribution < 1.29 is 0 Å². The molecule has 0 fully saturated rings. The quantitative estimate of drug-likeness (QED) is 0.496. The molecule has 0 aliphatic heterocycles. The molecule has 1 aromatic rings. The lowest BCUT2D eigenvalue weighted by molar-refractivity contribution is 0.590. The van der Waals surface area contributed by atoms with E-state index in [4.69, 9.17) is 5.73 Å². The van der Waals surface area contributed by atoms with Gasteiger partial charge >= 0.3 is 0 Å². The van der Waals surface area contributed by atoms with Gasteiger partial charge in [-0.2, -0.15) is 0 Å². The van der Waals surface area contributed by atoms with E-state index in [0.29, 0.717) is 19.0 Å². The molecule has 0 amide bonds. The number of guanidine groups is 1. The van der Waals surface area contributed by atoms with Crippen LogP contribution in [0.2, 0.25) is 0 Å². The van der Waals surface area contributed by atoms with Crippen molar-refractivity contribution in [3.8, 4) is 0 Å². The van der Waals surface area contributed by atoms with Gasteiger partial charge in [-0.15, -0.1) is 0 Å². The number of nitrogens with zero attached hydrogens (tertiary/aromatic N) is 1. The molecule has 19 heavy (non-hydrogen) atoms.